The molecule has 1 unspecified atom stereocenters. The van der Waals surface area contributed by atoms with Crippen LogP contribution < -0.4 is 0 Å². The first-order chi connectivity index (χ1) is 8.15. The van der Waals surface area contributed by atoms with Crippen molar-refractivity contribution in [3.8, 4) is 0 Å². The van der Waals surface area contributed by atoms with E-state index in [1.54, 1.807) is 0 Å². The molecule has 5 heteroatoms. The van der Waals surface area contributed by atoms with Gasteiger partial charge in [0.25, 0.3) is 0 Å². The molecule has 1 atom stereocenters. The zero-order valence-electron chi connectivity index (χ0n) is 10.5. The molecular formula is C12H19N3S2. The van der Waals surface area contributed by atoms with Gasteiger partial charge >= 0.3 is 0 Å². The summed E-state index contributed by atoms with van der Waals surface area (Å²) in [5.74, 6) is 0.973. The molecule has 17 heavy (non-hydrogen) atoms. The van der Waals surface area contributed by atoms with Crippen molar-refractivity contribution in [2.75, 3.05) is 31.9 Å². The lowest BCUT2D eigenvalue weighted by molar-refractivity contribution is 0.503. The number of thioether (sulfide) groups is 2. The highest BCUT2D eigenvalue weighted by molar-refractivity contribution is 8.20. The molecule has 0 aromatic heterocycles. The largest absolute Gasteiger partial charge is 0.346 e. The average Bonchev–Trinajstić information content (AvgIpc) is 2.84. The van der Waals surface area contributed by atoms with Crippen LogP contribution in [0.15, 0.2) is 22.1 Å². The summed E-state index contributed by atoms with van der Waals surface area (Å²) in [6.07, 6.45) is 0. The molecule has 0 spiro atoms. The Labute approximate surface area is 112 Å². The number of amidine groups is 1. The van der Waals surface area contributed by atoms with Gasteiger partial charge in [-0.2, -0.15) is 0 Å². The predicted molar refractivity (Wildman–Crippen MR) is 80.5 cm³/mol. The minimum atomic E-state index is 0.655. The lowest BCUT2D eigenvalue weighted by Gasteiger charge is -2.19. The molecule has 2 rings (SSSR count). The Morgan fingerprint density at radius 3 is 3.06 bits per heavy atom. The Hall–Kier alpha value is -0.420. The third kappa shape index (κ3) is 3.78. The topological polar surface area (TPSA) is 28.0 Å². The van der Waals surface area contributed by atoms with Gasteiger partial charge in [-0.3, -0.25) is 9.98 Å². The van der Waals surface area contributed by atoms with Crippen LogP contribution in [0.5, 0.6) is 0 Å². The molecule has 94 valence electrons. The summed E-state index contributed by atoms with van der Waals surface area (Å²) in [6, 6.07) is 0. The van der Waals surface area contributed by atoms with Gasteiger partial charge < -0.3 is 4.90 Å². The Morgan fingerprint density at radius 2 is 2.41 bits per heavy atom. The maximum absolute atomic E-state index is 4.55. The van der Waals surface area contributed by atoms with E-state index in [0.29, 0.717) is 5.25 Å². The molecule has 2 aliphatic rings. The zero-order chi connectivity index (χ0) is 12.3. The third-order valence-corrected chi connectivity index (χ3v) is 4.88. The van der Waals surface area contributed by atoms with Crippen molar-refractivity contribution < 1.29 is 0 Å². The Morgan fingerprint density at radius 1 is 1.59 bits per heavy atom. The lowest BCUT2D eigenvalue weighted by atomic mass is 10.3. The van der Waals surface area contributed by atoms with Crippen molar-refractivity contribution in [3.05, 3.63) is 12.2 Å². The van der Waals surface area contributed by atoms with Gasteiger partial charge in [0.15, 0.2) is 5.17 Å². The van der Waals surface area contributed by atoms with E-state index in [1.807, 2.05) is 23.5 Å². The standard InChI is InChI=1S/C12H19N3S2/c1-9(2)7-15-5-4-13-12(15)16-8-11-14-6-10(3)17-11/h10H,1,4-8H2,2-3H3. The molecule has 0 N–H and O–H groups in total. The number of hydrogen-bond donors (Lipinski definition) is 0. The fraction of sp³-hybridized carbons (Fsp3) is 0.667. The van der Waals surface area contributed by atoms with E-state index in [2.05, 4.69) is 35.3 Å². The van der Waals surface area contributed by atoms with Gasteiger partial charge in [0, 0.05) is 24.1 Å². The van der Waals surface area contributed by atoms with Crippen LogP contribution in [-0.2, 0) is 0 Å². The fourth-order valence-electron chi connectivity index (χ4n) is 1.81. The molecule has 0 amide bonds. The van der Waals surface area contributed by atoms with E-state index in [9.17, 15) is 0 Å². The van der Waals surface area contributed by atoms with E-state index < -0.39 is 0 Å². The van der Waals surface area contributed by atoms with Gasteiger partial charge in [-0.15, -0.1) is 11.8 Å². The molecule has 0 fully saturated rings. The van der Waals surface area contributed by atoms with Crippen molar-refractivity contribution in [3.63, 3.8) is 0 Å². The van der Waals surface area contributed by atoms with Crippen molar-refractivity contribution in [1.29, 1.82) is 0 Å². The highest BCUT2D eigenvalue weighted by atomic mass is 32.2. The van der Waals surface area contributed by atoms with Crippen LogP contribution in [0.3, 0.4) is 0 Å². The highest BCUT2D eigenvalue weighted by Gasteiger charge is 2.20. The van der Waals surface area contributed by atoms with Crippen LogP contribution in [0.25, 0.3) is 0 Å². The number of nitrogens with zero attached hydrogens (tertiary/aromatic N) is 3. The van der Waals surface area contributed by atoms with Crippen LogP contribution in [0.4, 0.5) is 0 Å². The van der Waals surface area contributed by atoms with Gasteiger partial charge in [0.2, 0.25) is 0 Å². The minimum Gasteiger partial charge on any atom is -0.346 e. The average molecular weight is 269 g/mol. The second kappa shape index (κ2) is 5.96. The summed E-state index contributed by atoms with van der Waals surface area (Å²) in [7, 11) is 0. The van der Waals surface area contributed by atoms with Gasteiger partial charge in [0.1, 0.15) is 0 Å². The van der Waals surface area contributed by atoms with Crippen LogP contribution in [0.2, 0.25) is 0 Å². The summed E-state index contributed by atoms with van der Waals surface area (Å²) >= 11 is 3.72. The van der Waals surface area contributed by atoms with E-state index in [1.165, 1.54) is 10.6 Å². The smallest absolute Gasteiger partial charge is 0.160 e. The molecule has 0 aromatic rings. The van der Waals surface area contributed by atoms with Crippen molar-refractivity contribution in [2.45, 2.75) is 19.1 Å². The summed E-state index contributed by atoms with van der Waals surface area (Å²) in [6.45, 7) is 12.1. The highest BCUT2D eigenvalue weighted by Crippen LogP contribution is 2.25. The molecule has 2 heterocycles. The Bertz CT molecular complexity index is 363. The molecule has 2 aliphatic heterocycles. The Balaban J connectivity index is 1.80. The molecule has 0 saturated carbocycles. The normalized spacial score (nSPS) is 23.9. The van der Waals surface area contributed by atoms with E-state index >= 15 is 0 Å². The third-order valence-electron chi connectivity index (χ3n) is 2.53. The lowest BCUT2D eigenvalue weighted by Crippen LogP contribution is -2.27. The molecule has 0 aliphatic carbocycles. The quantitative estimate of drug-likeness (QED) is 0.734. The van der Waals surface area contributed by atoms with E-state index in [4.69, 9.17) is 0 Å². The minimum absolute atomic E-state index is 0.655. The molecule has 0 bridgehead atoms. The van der Waals surface area contributed by atoms with E-state index in [-0.39, 0.29) is 0 Å². The molecule has 3 nitrogen and oxygen atoms in total. The maximum atomic E-state index is 4.55. The first kappa shape index (κ1) is 13.0. The van der Waals surface area contributed by atoms with Gasteiger partial charge in [-0.05, 0) is 6.92 Å². The second-order valence-corrected chi connectivity index (χ2v) is 6.95. The molecule has 0 radical (unpaired) electrons. The first-order valence-electron chi connectivity index (χ1n) is 5.91. The van der Waals surface area contributed by atoms with Crippen molar-refractivity contribution in [2.24, 2.45) is 9.98 Å². The van der Waals surface area contributed by atoms with E-state index in [0.717, 1.165) is 37.1 Å². The van der Waals surface area contributed by atoms with Crippen LogP contribution in [0.1, 0.15) is 13.8 Å². The molecule has 0 aromatic carbocycles. The maximum Gasteiger partial charge on any atom is 0.160 e. The fourth-order valence-corrected chi connectivity index (χ4v) is 3.89. The van der Waals surface area contributed by atoms with Crippen LogP contribution >= 0.6 is 23.5 Å². The van der Waals surface area contributed by atoms with Crippen molar-refractivity contribution in [1.82, 2.24) is 4.90 Å². The number of rotatable bonds is 4. The van der Waals surface area contributed by atoms with Gasteiger partial charge in [-0.25, -0.2) is 0 Å². The summed E-state index contributed by atoms with van der Waals surface area (Å²) in [5, 5.41) is 3.09. The Kier molecular flexibility index (Phi) is 4.56. The van der Waals surface area contributed by atoms with Crippen LogP contribution in [0, 0.1) is 0 Å². The zero-order valence-corrected chi connectivity index (χ0v) is 12.1. The number of hydrogen-bond acceptors (Lipinski definition) is 5. The second-order valence-electron chi connectivity index (χ2n) is 4.49. The summed E-state index contributed by atoms with van der Waals surface area (Å²) < 4.78 is 0. The van der Waals surface area contributed by atoms with Crippen molar-refractivity contribution >= 4 is 33.7 Å². The summed E-state index contributed by atoms with van der Waals surface area (Å²) in [4.78, 5) is 11.4. The van der Waals surface area contributed by atoms with Gasteiger partial charge in [0.05, 0.1) is 18.1 Å². The molecular weight excluding hydrogens is 250 g/mol. The number of aliphatic imine (C=N–C) groups is 2. The summed E-state index contributed by atoms with van der Waals surface area (Å²) in [5.41, 5.74) is 1.20. The monoisotopic (exact) mass is 269 g/mol. The predicted octanol–water partition coefficient (Wildman–Crippen LogP) is 2.50. The first-order valence-corrected chi connectivity index (χ1v) is 7.78. The van der Waals surface area contributed by atoms with Crippen LogP contribution in [-0.4, -0.2) is 52.3 Å². The molecule has 0 saturated heterocycles. The SMILES string of the molecule is C=C(C)CN1CCN=C1SCC1=NCC(C)S1. The van der Waals surface area contributed by atoms with Gasteiger partial charge in [-0.1, -0.05) is 30.8 Å².